The topological polar surface area (TPSA) is 52.0 Å². The minimum absolute atomic E-state index is 0.201. The smallest absolute Gasteiger partial charge is 0.118 e. The molecular weight excluding hydrogens is 131 g/mol. The molecule has 10 heavy (non-hydrogen) atoms. The van der Waals surface area contributed by atoms with Gasteiger partial charge in [0.05, 0.1) is 0 Å². The van der Waals surface area contributed by atoms with Gasteiger partial charge in [-0.1, -0.05) is 0 Å². The summed E-state index contributed by atoms with van der Waals surface area (Å²) >= 11 is 0. The number of allylic oxidation sites excluding steroid dienone is 2. The van der Waals surface area contributed by atoms with E-state index in [0.29, 0.717) is 13.0 Å². The van der Waals surface area contributed by atoms with Crippen LogP contribution in [0.1, 0.15) is 26.2 Å². The summed E-state index contributed by atoms with van der Waals surface area (Å²) in [7, 11) is 0. The summed E-state index contributed by atoms with van der Waals surface area (Å²) in [5.41, 5.74) is 10.7. The maximum absolute atomic E-state index is 12.6. The fourth-order valence-electron chi connectivity index (χ4n) is 0.622. The normalized spacial score (nSPS) is 13.1. The van der Waals surface area contributed by atoms with E-state index in [1.165, 1.54) is 0 Å². The second kappa shape index (κ2) is 5.23. The van der Waals surface area contributed by atoms with Crippen molar-refractivity contribution < 1.29 is 4.39 Å². The number of halogens is 1. The van der Waals surface area contributed by atoms with Gasteiger partial charge in [-0.15, -0.1) is 0 Å². The van der Waals surface area contributed by atoms with Gasteiger partial charge in [-0.2, -0.15) is 0 Å². The van der Waals surface area contributed by atoms with Crippen LogP contribution in [0.3, 0.4) is 0 Å². The average Bonchev–Trinajstić information content (AvgIpc) is 1.88. The highest BCUT2D eigenvalue weighted by Gasteiger charge is 1.96. The molecular formula is C7H15FN2. The molecule has 0 radical (unpaired) electrons. The van der Waals surface area contributed by atoms with E-state index < -0.39 is 0 Å². The molecule has 0 atom stereocenters. The molecule has 0 aliphatic rings. The molecule has 0 bridgehead atoms. The lowest BCUT2D eigenvalue weighted by atomic mass is 10.2. The van der Waals surface area contributed by atoms with E-state index in [0.717, 1.165) is 12.8 Å². The van der Waals surface area contributed by atoms with Crippen molar-refractivity contribution in [1.82, 2.24) is 0 Å². The molecule has 0 aromatic rings. The minimum Gasteiger partial charge on any atom is -0.400 e. The third kappa shape index (κ3) is 4.32. The number of hydrogen-bond acceptors (Lipinski definition) is 2. The van der Waals surface area contributed by atoms with Crippen LogP contribution in [0.2, 0.25) is 0 Å². The SMILES string of the molecule is C/C(N)=C(/F)CCCCN. The highest BCUT2D eigenvalue weighted by Crippen LogP contribution is 2.09. The van der Waals surface area contributed by atoms with Crippen molar-refractivity contribution in [2.45, 2.75) is 26.2 Å². The van der Waals surface area contributed by atoms with E-state index in [4.69, 9.17) is 11.5 Å². The lowest BCUT2D eigenvalue weighted by Gasteiger charge is -1.97. The zero-order chi connectivity index (χ0) is 7.98. The van der Waals surface area contributed by atoms with Gasteiger partial charge >= 0.3 is 0 Å². The van der Waals surface area contributed by atoms with Crippen molar-refractivity contribution in [2.24, 2.45) is 11.5 Å². The first-order valence-electron chi connectivity index (χ1n) is 3.49. The summed E-state index contributed by atoms with van der Waals surface area (Å²) in [5.74, 6) is -0.201. The summed E-state index contributed by atoms with van der Waals surface area (Å²) in [4.78, 5) is 0. The van der Waals surface area contributed by atoms with Gasteiger partial charge < -0.3 is 11.5 Å². The summed E-state index contributed by atoms with van der Waals surface area (Å²) in [6.45, 7) is 2.19. The van der Waals surface area contributed by atoms with Crippen LogP contribution in [-0.4, -0.2) is 6.54 Å². The van der Waals surface area contributed by atoms with Crippen LogP contribution < -0.4 is 11.5 Å². The molecule has 4 N–H and O–H groups in total. The molecule has 0 aromatic carbocycles. The highest BCUT2D eigenvalue weighted by atomic mass is 19.1. The zero-order valence-electron chi connectivity index (χ0n) is 6.36. The summed E-state index contributed by atoms with van der Waals surface area (Å²) in [5, 5.41) is 0. The Bertz CT molecular complexity index is 117. The van der Waals surface area contributed by atoms with Crippen LogP contribution in [0.25, 0.3) is 0 Å². The van der Waals surface area contributed by atoms with Crippen molar-refractivity contribution in [1.29, 1.82) is 0 Å². The predicted molar refractivity (Wildman–Crippen MR) is 40.9 cm³/mol. The van der Waals surface area contributed by atoms with Gasteiger partial charge in [-0.05, 0) is 26.3 Å². The Morgan fingerprint density at radius 3 is 2.40 bits per heavy atom. The molecule has 3 heteroatoms. The summed E-state index contributed by atoms with van der Waals surface area (Å²) < 4.78 is 12.6. The minimum atomic E-state index is -0.201. The van der Waals surface area contributed by atoms with Crippen molar-refractivity contribution in [3.63, 3.8) is 0 Å². The van der Waals surface area contributed by atoms with E-state index in [1.807, 2.05) is 0 Å². The number of nitrogens with two attached hydrogens (primary N) is 2. The lowest BCUT2D eigenvalue weighted by molar-refractivity contribution is 0.553. The van der Waals surface area contributed by atoms with E-state index in [9.17, 15) is 4.39 Å². The standard InChI is InChI=1S/C7H15FN2/c1-6(10)7(8)4-2-3-5-9/h2-5,9-10H2,1H3/b7-6-. The van der Waals surface area contributed by atoms with Crippen LogP contribution in [-0.2, 0) is 0 Å². The Labute approximate surface area is 61.1 Å². The van der Waals surface area contributed by atoms with E-state index in [-0.39, 0.29) is 11.5 Å². The molecule has 0 saturated carbocycles. The summed E-state index contributed by atoms with van der Waals surface area (Å²) in [6.07, 6.45) is 2.08. The van der Waals surface area contributed by atoms with Crippen molar-refractivity contribution >= 4 is 0 Å². The molecule has 0 rings (SSSR count). The molecule has 0 fully saturated rings. The fourth-order valence-corrected chi connectivity index (χ4v) is 0.622. The zero-order valence-corrected chi connectivity index (χ0v) is 6.36. The van der Waals surface area contributed by atoms with Crippen molar-refractivity contribution in [3.05, 3.63) is 11.5 Å². The van der Waals surface area contributed by atoms with Gasteiger partial charge in [0.15, 0.2) is 0 Å². The quantitative estimate of drug-likeness (QED) is 0.587. The Morgan fingerprint density at radius 2 is 2.00 bits per heavy atom. The molecule has 0 heterocycles. The van der Waals surface area contributed by atoms with Gasteiger partial charge in [0.1, 0.15) is 5.83 Å². The average molecular weight is 146 g/mol. The van der Waals surface area contributed by atoms with Crippen molar-refractivity contribution in [2.75, 3.05) is 6.54 Å². The van der Waals surface area contributed by atoms with Gasteiger partial charge in [0, 0.05) is 12.1 Å². The van der Waals surface area contributed by atoms with Crippen LogP contribution in [0, 0.1) is 0 Å². The van der Waals surface area contributed by atoms with E-state index in [2.05, 4.69) is 0 Å². The highest BCUT2D eigenvalue weighted by molar-refractivity contribution is 4.99. The number of unbranched alkanes of at least 4 members (excludes halogenated alkanes) is 1. The molecule has 0 amide bonds. The van der Waals surface area contributed by atoms with Crippen LogP contribution in [0.5, 0.6) is 0 Å². The van der Waals surface area contributed by atoms with Gasteiger partial charge in [0.25, 0.3) is 0 Å². The maximum atomic E-state index is 12.6. The molecule has 0 unspecified atom stereocenters. The molecule has 60 valence electrons. The molecule has 0 aliphatic carbocycles. The van der Waals surface area contributed by atoms with Crippen LogP contribution in [0.4, 0.5) is 4.39 Å². The maximum Gasteiger partial charge on any atom is 0.118 e. The molecule has 0 aliphatic heterocycles. The number of hydrogen-bond donors (Lipinski definition) is 2. The molecule has 0 spiro atoms. The van der Waals surface area contributed by atoms with Gasteiger partial charge in [-0.25, -0.2) is 4.39 Å². The van der Waals surface area contributed by atoms with E-state index >= 15 is 0 Å². The second-order valence-corrected chi connectivity index (χ2v) is 2.33. The summed E-state index contributed by atoms with van der Waals surface area (Å²) in [6, 6.07) is 0. The number of rotatable bonds is 4. The largest absolute Gasteiger partial charge is 0.400 e. The molecule has 0 aromatic heterocycles. The monoisotopic (exact) mass is 146 g/mol. The van der Waals surface area contributed by atoms with E-state index in [1.54, 1.807) is 6.92 Å². The first kappa shape index (κ1) is 9.43. The Morgan fingerprint density at radius 1 is 1.40 bits per heavy atom. The predicted octanol–water partition coefficient (Wildman–Crippen LogP) is 1.28. The molecule has 2 nitrogen and oxygen atoms in total. The van der Waals surface area contributed by atoms with Crippen molar-refractivity contribution in [3.8, 4) is 0 Å². The first-order chi connectivity index (χ1) is 4.68. The third-order valence-corrected chi connectivity index (χ3v) is 1.28. The second-order valence-electron chi connectivity index (χ2n) is 2.33. The lowest BCUT2D eigenvalue weighted by Crippen LogP contribution is -1.99. The third-order valence-electron chi connectivity index (χ3n) is 1.28. The fraction of sp³-hybridized carbons (Fsp3) is 0.714. The van der Waals surface area contributed by atoms with Gasteiger partial charge in [0.2, 0.25) is 0 Å². The van der Waals surface area contributed by atoms with Crippen LogP contribution >= 0.6 is 0 Å². The van der Waals surface area contributed by atoms with Gasteiger partial charge in [-0.3, -0.25) is 0 Å². The first-order valence-corrected chi connectivity index (χ1v) is 3.49. The Balaban J connectivity index is 3.40. The Hall–Kier alpha value is -0.570. The van der Waals surface area contributed by atoms with Crippen LogP contribution in [0.15, 0.2) is 11.5 Å². The Kier molecular flexibility index (Phi) is 4.94. The molecule has 0 saturated heterocycles.